The van der Waals surface area contributed by atoms with Gasteiger partial charge in [0.25, 0.3) is 0 Å². The number of nitrogens with two attached hydrogens (primary N) is 1. The summed E-state index contributed by atoms with van der Waals surface area (Å²) in [5, 5.41) is 0. The zero-order valence-electron chi connectivity index (χ0n) is 17.0. The van der Waals surface area contributed by atoms with Gasteiger partial charge < -0.3 is 10.3 Å². The molecule has 146 valence electrons. The van der Waals surface area contributed by atoms with Crippen LogP contribution in [0.3, 0.4) is 0 Å². The molecule has 2 N–H and O–H groups in total. The second kappa shape index (κ2) is 11.1. The van der Waals surface area contributed by atoms with Crippen molar-refractivity contribution in [1.82, 2.24) is 19.5 Å². The van der Waals surface area contributed by atoms with Crippen LogP contribution in [0.15, 0.2) is 6.33 Å². The van der Waals surface area contributed by atoms with Crippen LogP contribution in [-0.4, -0.2) is 19.5 Å². The molecule has 2 rings (SSSR count). The van der Waals surface area contributed by atoms with Gasteiger partial charge in [-0.05, 0) is 19.8 Å². The van der Waals surface area contributed by atoms with Crippen LogP contribution in [0.4, 0.5) is 5.82 Å². The number of rotatable bonds is 13. The van der Waals surface area contributed by atoms with Gasteiger partial charge in [-0.1, -0.05) is 78.1 Å². The lowest BCUT2D eigenvalue weighted by molar-refractivity contribution is 0.400. The first-order valence-electron chi connectivity index (χ1n) is 10.6. The number of fused-ring (bicyclic) bond motifs is 1. The molecule has 0 bridgehead atoms. The maximum atomic E-state index is 6.05. The molecule has 0 radical (unpaired) electrons. The molecule has 0 aliphatic rings. The standard InChI is InChI=1S/C21H37N5/c1-4-6-8-10-12-14-18(15-13-11-9-7-5-2)26-16-23-19-20(22)24-17(3)25-21(19)26/h16,18H,4-15H2,1-3H3,(H2,22,24,25). The highest BCUT2D eigenvalue weighted by Crippen LogP contribution is 2.28. The average Bonchev–Trinajstić information content (AvgIpc) is 3.03. The van der Waals surface area contributed by atoms with E-state index in [2.05, 4.69) is 33.4 Å². The summed E-state index contributed by atoms with van der Waals surface area (Å²) in [6.07, 6.45) is 17.5. The molecule has 0 fully saturated rings. The molecule has 0 aliphatic heterocycles. The Morgan fingerprint density at radius 3 is 2.04 bits per heavy atom. The van der Waals surface area contributed by atoms with Crippen LogP contribution in [0.25, 0.3) is 11.2 Å². The van der Waals surface area contributed by atoms with E-state index in [1.165, 1.54) is 77.0 Å². The predicted molar refractivity (Wildman–Crippen MR) is 110 cm³/mol. The summed E-state index contributed by atoms with van der Waals surface area (Å²) in [4.78, 5) is 13.4. The molecule has 2 aromatic heterocycles. The van der Waals surface area contributed by atoms with Crippen LogP contribution in [-0.2, 0) is 0 Å². The van der Waals surface area contributed by atoms with Crippen molar-refractivity contribution in [3.8, 4) is 0 Å². The largest absolute Gasteiger partial charge is 0.382 e. The van der Waals surface area contributed by atoms with Crippen molar-refractivity contribution in [2.45, 2.75) is 104 Å². The van der Waals surface area contributed by atoms with E-state index in [4.69, 9.17) is 5.73 Å². The van der Waals surface area contributed by atoms with Gasteiger partial charge in [0, 0.05) is 6.04 Å². The van der Waals surface area contributed by atoms with Crippen molar-refractivity contribution >= 4 is 17.0 Å². The minimum absolute atomic E-state index is 0.469. The Morgan fingerprint density at radius 2 is 1.46 bits per heavy atom. The minimum Gasteiger partial charge on any atom is -0.382 e. The lowest BCUT2D eigenvalue weighted by Crippen LogP contribution is -2.10. The molecule has 2 aromatic rings. The number of hydrogen-bond donors (Lipinski definition) is 1. The van der Waals surface area contributed by atoms with Crippen molar-refractivity contribution in [3.63, 3.8) is 0 Å². The molecule has 2 heterocycles. The van der Waals surface area contributed by atoms with Gasteiger partial charge in [0.15, 0.2) is 11.5 Å². The molecule has 0 amide bonds. The molecule has 5 heteroatoms. The van der Waals surface area contributed by atoms with Crippen LogP contribution in [0, 0.1) is 6.92 Å². The Bertz CT molecular complexity index is 635. The summed E-state index contributed by atoms with van der Waals surface area (Å²) < 4.78 is 2.26. The summed E-state index contributed by atoms with van der Waals surface area (Å²) in [6.45, 7) is 6.43. The van der Waals surface area contributed by atoms with Crippen molar-refractivity contribution in [2.75, 3.05) is 5.73 Å². The van der Waals surface area contributed by atoms with Crippen molar-refractivity contribution in [2.24, 2.45) is 0 Å². The number of imidazole rings is 1. The van der Waals surface area contributed by atoms with E-state index in [9.17, 15) is 0 Å². The third kappa shape index (κ3) is 5.96. The van der Waals surface area contributed by atoms with E-state index in [0.29, 0.717) is 11.9 Å². The van der Waals surface area contributed by atoms with E-state index in [1.54, 1.807) is 0 Å². The highest BCUT2D eigenvalue weighted by molar-refractivity contribution is 5.81. The molecule has 0 unspecified atom stereocenters. The summed E-state index contributed by atoms with van der Waals surface area (Å²) in [7, 11) is 0. The first-order valence-corrected chi connectivity index (χ1v) is 10.6. The molecule has 0 saturated heterocycles. The highest BCUT2D eigenvalue weighted by Gasteiger charge is 2.17. The quantitative estimate of drug-likeness (QED) is 0.447. The zero-order valence-corrected chi connectivity index (χ0v) is 17.0. The first kappa shape index (κ1) is 20.7. The number of hydrogen-bond acceptors (Lipinski definition) is 4. The molecule has 0 aromatic carbocycles. The molecular formula is C21H37N5. The average molecular weight is 360 g/mol. The number of anilines is 1. The number of aromatic nitrogens is 4. The van der Waals surface area contributed by atoms with Gasteiger partial charge in [0.2, 0.25) is 0 Å². The lowest BCUT2D eigenvalue weighted by atomic mass is 10.00. The SMILES string of the molecule is CCCCCCCC(CCCCCCC)n1cnc2c(N)nc(C)nc21. The van der Waals surface area contributed by atoms with Crippen molar-refractivity contribution < 1.29 is 0 Å². The van der Waals surface area contributed by atoms with Crippen LogP contribution < -0.4 is 5.73 Å². The van der Waals surface area contributed by atoms with E-state index in [0.717, 1.165) is 17.0 Å². The Hall–Kier alpha value is -1.65. The third-order valence-electron chi connectivity index (χ3n) is 5.24. The van der Waals surface area contributed by atoms with Crippen LogP contribution in [0.1, 0.15) is 103 Å². The molecule has 26 heavy (non-hydrogen) atoms. The van der Waals surface area contributed by atoms with Gasteiger partial charge in [-0.15, -0.1) is 0 Å². The number of nitrogens with zero attached hydrogens (tertiary/aromatic N) is 4. The second-order valence-electron chi connectivity index (χ2n) is 7.54. The Morgan fingerprint density at radius 1 is 0.885 bits per heavy atom. The minimum atomic E-state index is 0.469. The van der Waals surface area contributed by atoms with E-state index in [1.807, 2.05) is 13.3 Å². The predicted octanol–water partition coefficient (Wildman–Crippen LogP) is 5.98. The van der Waals surface area contributed by atoms with Gasteiger partial charge in [0.1, 0.15) is 11.3 Å². The molecule has 0 aliphatic carbocycles. The Kier molecular flexibility index (Phi) is 8.86. The van der Waals surface area contributed by atoms with Gasteiger partial charge in [-0.3, -0.25) is 0 Å². The van der Waals surface area contributed by atoms with Crippen molar-refractivity contribution in [1.29, 1.82) is 0 Å². The van der Waals surface area contributed by atoms with Gasteiger partial charge in [-0.2, -0.15) is 0 Å². The van der Waals surface area contributed by atoms with Gasteiger partial charge in [-0.25, -0.2) is 15.0 Å². The molecule has 0 spiro atoms. The van der Waals surface area contributed by atoms with Crippen molar-refractivity contribution in [3.05, 3.63) is 12.2 Å². The second-order valence-corrected chi connectivity index (χ2v) is 7.54. The van der Waals surface area contributed by atoms with E-state index >= 15 is 0 Å². The lowest BCUT2D eigenvalue weighted by Gasteiger charge is -2.19. The fraction of sp³-hybridized carbons (Fsp3) is 0.762. The van der Waals surface area contributed by atoms with E-state index < -0.39 is 0 Å². The monoisotopic (exact) mass is 359 g/mol. The number of nitrogen functional groups attached to an aromatic ring is 1. The summed E-state index contributed by atoms with van der Waals surface area (Å²) in [5.41, 5.74) is 7.71. The maximum absolute atomic E-state index is 6.05. The van der Waals surface area contributed by atoms with Crippen LogP contribution in [0.5, 0.6) is 0 Å². The van der Waals surface area contributed by atoms with Gasteiger partial charge >= 0.3 is 0 Å². The normalized spacial score (nSPS) is 11.7. The number of aryl methyl sites for hydroxylation is 1. The summed E-state index contributed by atoms with van der Waals surface area (Å²) in [5.74, 6) is 1.22. The van der Waals surface area contributed by atoms with E-state index in [-0.39, 0.29) is 0 Å². The fourth-order valence-corrected chi connectivity index (χ4v) is 3.71. The van der Waals surface area contributed by atoms with Gasteiger partial charge in [0.05, 0.1) is 6.33 Å². The summed E-state index contributed by atoms with van der Waals surface area (Å²) >= 11 is 0. The molecule has 0 atom stereocenters. The van der Waals surface area contributed by atoms with Crippen LogP contribution >= 0.6 is 0 Å². The number of unbranched alkanes of at least 4 members (excludes halogenated alkanes) is 8. The van der Waals surface area contributed by atoms with Crippen LogP contribution in [0.2, 0.25) is 0 Å². The summed E-state index contributed by atoms with van der Waals surface area (Å²) in [6, 6.07) is 0.469. The highest BCUT2D eigenvalue weighted by atomic mass is 15.2. The first-order chi connectivity index (χ1) is 12.7. The maximum Gasteiger partial charge on any atom is 0.166 e. The fourth-order valence-electron chi connectivity index (χ4n) is 3.71. The smallest absolute Gasteiger partial charge is 0.166 e. The third-order valence-corrected chi connectivity index (χ3v) is 5.24. The Balaban J connectivity index is 2.06. The molecule has 5 nitrogen and oxygen atoms in total. The Labute approximate surface area is 158 Å². The topological polar surface area (TPSA) is 69.6 Å². The molecule has 0 saturated carbocycles. The zero-order chi connectivity index (χ0) is 18.8. The molecular weight excluding hydrogens is 322 g/mol.